The molecule has 0 bridgehead atoms. The third kappa shape index (κ3) is 3.05. The highest BCUT2D eigenvalue weighted by molar-refractivity contribution is 8.18. The highest BCUT2D eigenvalue weighted by Crippen LogP contribution is 2.37. The lowest BCUT2D eigenvalue weighted by Crippen LogP contribution is -2.27. The van der Waals surface area contributed by atoms with Crippen molar-refractivity contribution >= 4 is 29.0 Å². The average Bonchev–Trinajstić information content (AvgIpc) is 2.65. The van der Waals surface area contributed by atoms with Crippen LogP contribution >= 0.6 is 11.8 Å². The number of hydrogen-bond acceptors (Lipinski definition) is 4. The van der Waals surface area contributed by atoms with Gasteiger partial charge < -0.3 is 5.11 Å². The Morgan fingerprint density at radius 3 is 2.52 bits per heavy atom. The van der Waals surface area contributed by atoms with Crippen molar-refractivity contribution in [3.63, 3.8) is 0 Å². The minimum Gasteiger partial charge on any atom is -0.507 e. The van der Waals surface area contributed by atoms with E-state index in [-0.39, 0.29) is 17.0 Å². The Kier molecular flexibility index (Phi) is 3.99. The molecule has 1 aromatic carbocycles. The van der Waals surface area contributed by atoms with E-state index in [1.54, 1.807) is 6.92 Å². The SMILES string of the molecule is CCN1C(=O)SC(=Cc2ccc(O)c(C(F)(F)F)c2)C1=O. The number of aromatic hydroxyl groups is 1. The number of hydrogen-bond donors (Lipinski definition) is 1. The summed E-state index contributed by atoms with van der Waals surface area (Å²) in [7, 11) is 0. The summed E-state index contributed by atoms with van der Waals surface area (Å²) in [6, 6.07) is 2.87. The van der Waals surface area contributed by atoms with Crippen molar-refractivity contribution in [2.45, 2.75) is 13.1 Å². The Morgan fingerprint density at radius 1 is 1.33 bits per heavy atom. The number of rotatable bonds is 2. The van der Waals surface area contributed by atoms with Gasteiger partial charge in [0.05, 0.1) is 10.5 Å². The molecule has 0 aromatic heterocycles. The molecule has 2 amide bonds. The molecular weight excluding hydrogens is 307 g/mol. The highest BCUT2D eigenvalue weighted by Gasteiger charge is 2.35. The topological polar surface area (TPSA) is 57.6 Å². The molecule has 0 aliphatic carbocycles. The molecule has 1 aliphatic heterocycles. The Labute approximate surface area is 122 Å². The van der Waals surface area contributed by atoms with Gasteiger partial charge in [0, 0.05) is 6.54 Å². The molecule has 4 nitrogen and oxygen atoms in total. The van der Waals surface area contributed by atoms with Gasteiger partial charge in [-0.25, -0.2) is 0 Å². The minimum absolute atomic E-state index is 0.0562. The van der Waals surface area contributed by atoms with Crippen molar-refractivity contribution in [3.05, 3.63) is 34.2 Å². The van der Waals surface area contributed by atoms with E-state index >= 15 is 0 Å². The second-order valence-electron chi connectivity index (χ2n) is 4.20. The molecule has 21 heavy (non-hydrogen) atoms. The van der Waals surface area contributed by atoms with E-state index in [9.17, 15) is 27.9 Å². The maximum absolute atomic E-state index is 12.7. The predicted octanol–water partition coefficient (Wildman–Crippen LogP) is 3.47. The third-order valence-electron chi connectivity index (χ3n) is 2.81. The molecule has 0 atom stereocenters. The number of carbonyl (C=O) groups is 2. The van der Waals surface area contributed by atoms with Gasteiger partial charge in [-0.1, -0.05) is 6.07 Å². The van der Waals surface area contributed by atoms with Gasteiger partial charge in [-0.2, -0.15) is 13.2 Å². The van der Waals surface area contributed by atoms with Gasteiger partial charge in [-0.15, -0.1) is 0 Å². The molecule has 0 unspecified atom stereocenters. The van der Waals surface area contributed by atoms with E-state index in [0.29, 0.717) is 11.8 Å². The lowest BCUT2D eigenvalue weighted by atomic mass is 10.1. The fourth-order valence-corrected chi connectivity index (χ4v) is 2.70. The molecule has 1 fully saturated rings. The summed E-state index contributed by atoms with van der Waals surface area (Å²) in [5.41, 5.74) is -1.10. The Bertz CT molecular complexity index is 640. The zero-order valence-corrected chi connectivity index (χ0v) is 11.6. The lowest BCUT2D eigenvalue weighted by Gasteiger charge is -2.09. The monoisotopic (exact) mass is 317 g/mol. The minimum atomic E-state index is -4.70. The normalized spacial score (nSPS) is 17.9. The number of thioether (sulfide) groups is 1. The van der Waals surface area contributed by atoms with Crippen LogP contribution in [0, 0.1) is 0 Å². The van der Waals surface area contributed by atoms with E-state index in [1.807, 2.05) is 0 Å². The molecule has 0 radical (unpaired) electrons. The maximum atomic E-state index is 12.7. The summed E-state index contributed by atoms with van der Waals surface area (Å²) in [6.07, 6.45) is -3.49. The van der Waals surface area contributed by atoms with Crippen molar-refractivity contribution in [2.75, 3.05) is 6.54 Å². The van der Waals surface area contributed by atoms with Crippen LogP contribution in [-0.4, -0.2) is 27.7 Å². The second-order valence-corrected chi connectivity index (χ2v) is 5.19. The molecule has 112 valence electrons. The summed E-state index contributed by atoms with van der Waals surface area (Å²) in [5, 5.41) is 8.78. The lowest BCUT2D eigenvalue weighted by molar-refractivity contribution is -0.138. The number of amides is 2. The summed E-state index contributed by atoms with van der Waals surface area (Å²) in [6.45, 7) is 1.83. The Morgan fingerprint density at radius 2 is 2.00 bits per heavy atom. The smallest absolute Gasteiger partial charge is 0.419 e. The van der Waals surface area contributed by atoms with Crippen molar-refractivity contribution < 1.29 is 27.9 Å². The fraction of sp³-hybridized carbons (Fsp3) is 0.231. The quantitative estimate of drug-likeness (QED) is 0.849. The number of alkyl halides is 3. The molecule has 1 aliphatic rings. The summed E-state index contributed by atoms with van der Waals surface area (Å²) in [5.74, 6) is -1.42. The zero-order chi connectivity index (χ0) is 15.8. The first-order valence-corrected chi connectivity index (χ1v) is 6.71. The number of carbonyl (C=O) groups excluding carboxylic acids is 2. The van der Waals surface area contributed by atoms with Crippen molar-refractivity contribution in [1.29, 1.82) is 0 Å². The number of imide groups is 1. The first-order valence-electron chi connectivity index (χ1n) is 5.89. The van der Waals surface area contributed by atoms with Crippen molar-refractivity contribution in [3.8, 4) is 5.75 Å². The van der Waals surface area contributed by atoms with Gasteiger partial charge in [0.1, 0.15) is 5.75 Å². The van der Waals surface area contributed by atoms with E-state index in [4.69, 9.17) is 0 Å². The van der Waals surface area contributed by atoms with Gasteiger partial charge in [-0.3, -0.25) is 14.5 Å². The third-order valence-corrected chi connectivity index (χ3v) is 3.72. The molecule has 1 heterocycles. The van der Waals surface area contributed by atoms with Crippen LogP contribution in [0.15, 0.2) is 23.1 Å². The first-order chi connectivity index (χ1) is 9.74. The molecule has 2 rings (SSSR count). The second kappa shape index (κ2) is 5.44. The van der Waals surface area contributed by atoms with Crippen LogP contribution in [0.5, 0.6) is 5.75 Å². The van der Waals surface area contributed by atoms with Gasteiger partial charge >= 0.3 is 6.18 Å². The number of benzene rings is 1. The number of halogens is 3. The number of phenols is 1. The number of phenolic OH excluding ortho intramolecular Hbond substituents is 1. The van der Waals surface area contributed by atoms with E-state index < -0.39 is 28.6 Å². The average molecular weight is 317 g/mol. The largest absolute Gasteiger partial charge is 0.507 e. The predicted molar refractivity (Wildman–Crippen MR) is 71.5 cm³/mol. The highest BCUT2D eigenvalue weighted by atomic mass is 32.2. The fourth-order valence-electron chi connectivity index (χ4n) is 1.79. The van der Waals surface area contributed by atoms with Gasteiger partial charge in [0.15, 0.2) is 0 Å². The van der Waals surface area contributed by atoms with Crippen molar-refractivity contribution in [1.82, 2.24) is 4.90 Å². The molecular formula is C13H10F3NO3S. The number of nitrogens with zero attached hydrogens (tertiary/aromatic N) is 1. The molecule has 0 spiro atoms. The molecule has 1 saturated heterocycles. The zero-order valence-electron chi connectivity index (χ0n) is 10.8. The maximum Gasteiger partial charge on any atom is 0.419 e. The van der Waals surface area contributed by atoms with Crippen LogP contribution in [0.2, 0.25) is 0 Å². The van der Waals surface area contributed by atoms with Crippen LogP contribution in [0.25, 0.3) is 6.08 Å². The van der Waals surface area contributed by atoms with E-state index in [0.717, 1.165) is 17.0 Å². The van der Waals surface area contributed by atoms with Crippen LogP contribution < -0.4 is 0 Å². The van der Waals surface area contributed by atoms with E-state index in [2.05, 4.69) is 0 Å². The Hall–Kier alpha value is -1.96. The van der Waals surface area contributed by atoms with Gasteiger partial charge in [0.2, 0.25) is 0 Å². The molecule has 8 heteroatoms. The summed E-state index contributed by atoms with van der Waals surface area (Å²) < 4.78 is 38.0. The van der Waals surface area contributed by atoms with Gasteiger partial charge in [0.25, 0.3) is 11.1 Å². The summed E-state index contributed by atoms with van der Waals surface area (Å²) in [4.78, 5) is 24.4. The van der Waals surface area contributed by atoms with E-state index in [1.165, 1.54) is 12.1 Å². The van der Waals surface area contributed by atoms with Crippen LogP contribution in [0.1, 0.15) is 18.1 Å². The standard InChI is InChI=1S/C13H10F3NO3S/c1-2-17-11(19)10(21-12(17)20)6-7-3-4-9(18)8(5-7)13(14,15)16/h3-6,18H,2H2,1H3. The summed E-state index contributed by atoms with van der Waals surface area (Å²) >= 11 is 0.674. The molecule has 1 aromatic rings. The van der Waals surface area contributed by atoms with Crippen molar-refractivity contribution in [2.24, 2.45) is 0 Å². The Balaban J connectivity index is 2.39. The van der Waals surface area contributed by atoms with Crippen LogP contribution in [0.4, 0.5) is 18.0 Å². The van der Waals surface area contributed by atoms with Gasteiger partial charge in [-0.05, 0) is 42.5 Å². The first kappa shape index (κ1) is 15.4. The number of likely N-dealkylation sites (N-methyl/N-ethyl adjacent to an activating group) is 1. The van der Waals surface area contributed by atoms with Crippen LogP contribution in [-0.2, 0) is 11.0 Å². The van der Waals surface area contributed by atoms with Crippen LogP contribution in [0.3, 0.4) is 0 Å². The molecule has 1 N–H and O–H groups in total. The molecule has 0 saturated carbocycles.